The SMILES string of the molecule is COc1cc(C)c(C(C)CN)cc1Br. The molecular weight excluding hydrogens is 242 g/mol. The van der Waals surface area contributed by atoms with E-state index >= 15 is 0 Å². The van der Waals surface area contributed by atoms with Crippen molar-refractivity contribution in [3.63, 3.8) is 0 Å². The zero-order valence-corrected chi connectivity index (χ0v) is 10.4. The summed E-state index contributed by atoms with van der Waals surface area (Å²) in [7, 11) is 1.67. The number of aryl methyl sites for hydroxylation is 1. The molecule has 78 valence electrons. The molecule has 2 N–H and O–H groups in total. The summed E-state index contributed by atoms with van der Waals surface area (Å²) in [6.45, 7) is 4.87. The van der Waals surface area contributed by atoms with Crippen molar-refractivity contribution in [2.24, 2.45) is 5.73 Å². The minimum Gasteiger partial charge on any atom is -0.496 e. The van der Waals surface area contributed by atoms with Gasteiger partial charge < -0.3 is 10.5 Å². The Morgan fingerprint density at radius 2 is 2.14 bits per heavy atom. The zero-order chi connectivity index (χ0) is 10.7. The summed E-state index contributed by atoms with van der Waals surface area (Å²) in [5.74, 6) is 1.26. The first-order chi connectivity index (χ1) is 6.60. The Morgan fingerprint density at radius 3 is 2.64 bits per heavy atom. The van der Waals surface area contributed by atoms with E-state index in [1.54, 1.807) is 7.11 Å². The van der Waals surface area contributed by atoms with Crippen molar-refractivity contribution in [3.8, 4) is 5.75 Å². The van der Waals surface area contributed by atoms with Gasteiger partial charge >= 0.3 is 0 Å². The summed E-state index contributed by atoms with van der Waals surface area (Å²) in [5.41, 5.74) is 8.15. The second-order valence-corrected chi connectivity index (χ2v) is 4.33. The molecule has 0 aromatic heterocycles. The van der Waals surface area contributed by atoms with Crippen molar-refractivity contribution in [3.05, 3.63) is 27.7 Å². The molecule has 2 nitrogen and oxygen atoms in total. The third-order valence-corrected chi connectivity index (χ3v) is 3.04. The van der Waals surface area contributed by atoms with Gasteiger partial charge in [0, 0.05) is 0 Å². The van der Waals surface area contributed by atoms with Crippen LogP contribution in [0, 0.1) is 6.92 Å². The Kier molecular flexibility index (Phi) is 3.96. The third-order valence-electron chi connectivity index (χ3n) is 2.42. The first-order valence-corrected chi connectivity index (χ1v) is 5.43. The highest BCUT2D eigenvalue weighted by Crippen LogP contribution is 2.31. The molecule has 0 radical (unpaired) electrons. The lowest BCUT2D eigenvalue weighted by molar-refractivity contribution is 0.411. The van der Waals surface area contributed by atoms with Gasteiger partial charge in [0.2, 0.25) is 0 Å². The first kappa shape index (κ1) is 11.5. The van der Waals surface area contributed by atoms with Crippen molar-refractivity contribution >= 4 is 15.9 Å². The summed E-state index contributed by atoms with van der Waals surface area (Å²) in [5, 5.41) is 0. The molecule has 1 aromatic rings. The fourth-order valence-electron chi connectivity index (χ4n) is 1.48. The molecule has 3 heteroatoms. The van der Waals surface area contributed by atoms with Crippen LogP contribution in [0.3, 0.4) is 0 Å². The van der Waals surface area contributed by atoms with Gasteiger partial charge in [-0.05, 0) is 58.6 Å². The van der Waals surface area contributed by atoms with Gasteiger partial charge in [-0.3, -0.25) is 0 Å². The summed E-state index contributed by atoms with van der Waals surface area (Å²) in [6, 6.07) is 4.12. The van der Waals surface area contributed by atoms with Gasteiger partial charge in [0.15, 0.2) is 0 Å². The van der Waals surface area contributed by atoms with Gasteiger partial charge in [-0.25, -0.2) is 0 Å². The number of rotatable bonds is 3. The van der Waals surface area contributed by atoms with Crippen molar-refractivity contribution in [1.29, 1.82) is 0 Å². The molecule has 1 aromatic carbocycles. The van der Waals surface area contributed by atoms with Crippen LogP contribution >= 0.6 is 15.9 Å². The fraction of sp³-hybridized carbons (Fsp3) is 0.455. The van der Waals surface area contributed by atoms with Gasteiger partial charge in [-0.1, -0.05) is 6.92 Å². The van der Waals surface area contributed by atoms with Gasteiger partial charge in [0.05, 0.1) is 11.6 Å². The monoisotopic (exact) mass is 257 g/mol. The fourth-order valence-corrected chi connectivity index (χ4v) is 2.01. The number of halogens is 1. The summed E-state index contributed by atoms with van der Waals surface area (Å²) < 4.78 is 6.20. The molecule has 0 saturated heterocycles. The van der Waals surface area contributed by atoms with Gasteiger partial charge in [-0.2, -0.15) is 0 Å². The molecule has 0 spiro atoms. The second-order valence-electron chi connectivity index (χ2n) is 3.48. The van der Waals surface area contributed by atoms with Crippen molar-refractivity contribution in [2.75, 3.05) is 13.7 Å². The molecule has 0 saturated carbocycles. The van der Waals surface area contributed by atoms with Crippen molar-refractivity contribution in [1.82, 2.24) is 0 Å². The Morgan fingerprint density at radius 1 is 1.50 bits per heavy atom. The van der Waals surface area contributed by atoms with Crippen molar-refractivity contribution in [2.45, 2.75) is 19.8 Å². The predicted octanol–water partition coefficient (Wildman–Crippen LogP) is 2.83. The number of ether oxygens (including phenoxy) is 1. The molecule has 1 unspecified atom stereocenters. The largest absolute Gasteiger partial charge is 0.496 e. The van der Waals surface area contributed by atoms with Gasteiger partial charge in [0.25, 0.3) is 0 Å². The Hall–Kier alpha value is -0.540. The molecule has 14 heavy (non-hydrogen) atoms. The maximum absolute atomic E-state index is 5.65. The van der Waals surface area contributed by atoms with Crippen LogP contribution in [0.15, 0.2) is 16.6 Å². The molecule has 1 atom stereocenters. The molecule has 0 aliphatic carbocycles. The van der Waals surface area contributed by atoms with E-state index in [9.17, 15) is 0 Å². The topological polar surface area (TPSA) is 35.2 Å². The number of hydrogen-bond acceptors (Lipinski definition) is 2. The normalized spacial score (nSPS) is 12.6. The summed E-state index contributed by atoms with van der Waals surface area (Å²) in [4.78, 5) is 0. The van der Waals surface area contributed by atoms with E-state index in [1.807, 2.05) is 6.07 Å². The van der Waals surface area contributed by atoms with Gasteiger partial charge in [-0.15, -0.1) is 0 Å². The van der Waals surface area contributed by atoms with E-state index in [2.05, 4.69) is 35.8 Å². The quantitative estimate of drug-likeness (QED) is 0.904. The predicted molar refractivity (Wildman–Crippen MR) is 62.9 cm³/mol. The molecule has 0 fully saturated rings. The lowest BCUT2D eigenvalue weighted by atomic mass is 9.96. The highest BCUT2D eigenvalue weighted by molar-refractivity contribution is 9.10. The van der Waals surface area contributed by atoms with Crippen LogP contribution in [0.1, 0.15) is 24.0 Å². The van der Waals surface area contributed by atoms with E-state index in [0.717, 1.165) is 10.2 Å². The van der Waals surface area contributed by atoms with Crippen LogP contribution in [0.2, 0.25) is 0 Å². The lowest BCUT2D eigenvalue weighted by Crippen LogP contribution is -2.10. The van der Waals surface area contributed by atoms with Crippen LogP contribution in [0.4, 0.5) is 0 Å². The molecule has 0 amide bonds. The van der Waals surface area contributed by atoms with E-state index in [4.69, 9.17) is 10.5 Å². The van der Waals surface area contributed by atoms with Crippen LogP contribution < -0.4 is 10.5 Å². The van der Waals surface area contributed by atoms with E-state index < -0.39 is 0 Å². The maximum Gasteiger partial charge on any atom is 0.133 e. The third kappa shape index (κ3) is 2.28. The number of methoxy groups -OCH3 is 1. The van der Waals surface area contributed by atoms with Crippen LogP contribution in [-0.2, 0) is 0 Å². The molecule has 0 aliphatic heterocycles. The average Bonchev–Trinajstić information content (AvgIpc) is 2.19. The Labute approximate surface area is 93.6 Å². The Balaban J connectivity index is 3.14. The molecule has 0 heterocycles. The number of benzene rings is 1. The molecular formula is C11H16BrNO. The van der Waals surface area contributed by atoms with E-state index in [0.29, 0.717) is 12.5 Å². The van der Waals surface area contributed by atoms with Crippen LogP contribution in [0.25, 0.3) is 0 Å². The Bertz CT molecular complexity index is 325. The molecule has 0 aliphatic rings. The molecule has 1 rings (SSSR count). The summed E-state index contributed by atoms with van der Waals surface area (Å²) in [6.07, 6.45) is 0. The lowest BCUT2D eigenvalue weighted by Gasteiger charge is -2.14. The van der Waals surface area contributed by atoms with E-state index in [-0.39, 0.29) is 0 Å². The highest BCUT2D eigenvalue weighted by atomic mass is 79.9. The standard InChI is InChI=1S/C11H16BrNO/c1-7-4-11(14-3)10(12)5-9(7)8(2)6-13/h4-5,8H,6,13H2,1-3H3. The van der Waals surface area contributed by atoms with Crippen molar-refractivity contribution < 1.29 is 4.74 Å². The number of nitrogens with two attached hydrogens (primary N) is 1. The molecule has 0 bridgehead atoms. The van der Waals surface area contributed by atoms with E-state index in [1.165, 1.54) is 11.1 Å². The van der Waals surface area contributed by atoms with Gasteiger partial charge in [0.1, 0.15) is 5.75 Å². The first-order valence-electron chi connectivity index (χ1n) is 4.64. The maximum atomic E-state index is 5.65. The highest BCUT2D eigenvalue weighted by Gasteiger charge is 2.10. The van der Waals surface area contributed by atoms with Crippen LogP contribution in [0.5, 0.6) is 5.75 Å². The number of hydrogen-bond donors (Lipinski definition) is 1. The minimum absolute atomic E-state index is 0.386. The minimum atomic E-state index is 0.386. The summed E-state index contributed by atoms with van der Waals surface area (Å²) >= 11 is 3.47. The van der Waals surface area contributed by atoms with Crippen LogP contribution in [-0.4, -0.2) is 13.7 Å². The zero-order valence-electron chi connectivity index (χ0n) is 8.80. The average molecular weight is 258 g/mol. The second kappa shape index (κ2) is 4.80. The smallest absolute Gasteiger partial charge is 0.133 e.